The quantitative estimate of drug-likeness (QED) is 0.741. The first-order chi connectivity index (χ1) is 8.93. The Kier molecular flexibility index (Phi) is 4.32. The Morgan fingerprint density at radius 1 is 1.53 bits per heavy atom. The van der Waals surface area contributed by atoms with Crippen molar-refractivity contribution in [3.8, 4) is 0 Å². The third-order valence-corrected chi connectivity index (χ3v) is 6.04. The van der Waals surface area contributed by atoms with Gasteiger partial charge in [-0.3, -0.25) is 0 Å². The molecule has 0 unspecified atom stereocenters. The molecule has 1 aliphatic carbocycles. The van der Waals surface area contributed by atoms with Crippen LogP contribution in [0.1, 0.15) is 26.7 Å². The molecule has 0 radical (unpaired) electrons. The predicted octanol–water partition coefficient (Wildman–Crippen LogP) is 1.50. The van der Waals surface area contributed by atoms with Gasteiger partial charge in [0.2, 0.25) is 0 Å². The van der Waals surface area contributed by atoms with E-state index >= 15 is 0 Å². The molecule has 8 heteroatoms. The zero-order valence-corrected chi connectivity index (χ0v) is 12.7. The van der Waals surface area contributed by atoms with E-state index in [1.807, 2.05) is 13.8 Å². The van der Waals surface area contributed by atoms with Crippen LogP contribution in [0.2, 0.25) is 0 Å². The first kappa shape index (κ1) is 14.5. The SMILES string of the molecule is CC(C)OCCNc1snc(N)c1S(=O)(=O)C1CC1. The van der Waals surface area contributed by atoms with Crippen molar-refractivity contribution in [2.45, 2.75) is 42.9 Å². The first-order valence-corrected chi connectivity index (χ1v) is 8.59. The summed E-state index contributed by atoms with van der Waals surface area (Å²) in [6, 6.07) is 0. The normalized spacial score (nSPS) is 15.9. The summed E-state index contributed by atoms with van der Waals surface area (Å²) in [6.07, 6.45) is 1.59. The van der Waals surface area contributed by atoms with E-state index in [0.717, 1.165) is 11.5 Å². The maximum Gasteiger partial charge on any atom is 0.187 e. The van der Waals surface area contributed by atoms with E-state index in [0.29, 0.717) is 31.0 Å². The lowest BCUT2D eigenvalue weighted by Crippen LogP contribution is -2.15. The van der Waals surface area contributed by atoms with Crippen LogP contribution in [0.5, 0.6) is 0 Å². The molecule has 0 spiro atoms. The Morgan fingerprint density at radius 3 is 2.79 bits per heavy atom. The van der Waals surface area contributed by atoms with Crippen molar-refractivity contribution in [2.24, 2.45) is 0 Å². The molecule has 0 aromatic carbocycles. The molecule has 6 nitrogen and oxygen atoms in total. The number of ether oxygens (including phenoxy) is 1. The second-order valence-electron chi connectivity index (χ2n) is 4.82. The van der Waals surface area contributed by atoms with Gasteiger partial charge in [0.1, 0.15) is 9.90 Å². The highest BCUT2D eigenvalue weighted by Gasteiger charge is 2.40. The van der Waals surface area contributed by atoms with Crippen LogP contribution in [-0.2, 0) is 14.6 Å². The van der Waals surface area contributed by atoms with E-state index in [1.165, 1.54) is 0 Å². The van der Waals surface area contributed by atoms with Gasteiger partial charge >= 0.3 is 0 Å². The summed E-state index contributed by atoms with van der Waals surface area (Å²) in [7, 11) is -3.32. The fraction of sp³-hybridized carbons (Fsp3) is 0.727. The Morgan fingerprint density at radius 2 is 2.21 bits per heavy atom. The summed E-state index contributed by atoms with van der Waals surface area (Å²) < 4.78 is 33.8. The number of nitrogen functional groups attached to an aromatic ring is 1. The van der Waals surface area contributed by atoms with Crippen molar-refractivity contribution < 1.29 is 13.2 Å². The molecule has 1 fully saturated rings. The van der Waals surface area contributed by atoms with Crippen LogP contribution in [0.25, 0.3) is 0 Å². The maximum absolute atomic E-state index is 12.3. The number of hydrogen-bond acceptors (Lipinski definition) is 7. The molecule has 0 aliphatic heterocycles. The molecule has 0 saturated heterocycles. The van der Waals surface area contributed by atoms with E-state index < -0.39 is 9.84 Å². The first-order valence-electron chi connectivity index (χ1n) is 6.27. The second kappa shape index (κ2) is 5.64. The Hall–Kier alpha value is -0.860. The zero-order chi connectivity index (χ0) is 14.0. The maximum atomic E-state index is 12.3. The van der Waals surface area contributed by atoms with Gasteiger partial charge in [-0.2, -0.15) is 4.37 Å². The summed E-state index contributed by atoms with van der Waals surface area (Å²) in [5.41, 5.74) is 5.69. The number of nitrogens with one attached hydrogen (secondary N) is 1. The van der Waals surface area contributed by atoms with E-state index in [2.05, 4.69) is 9.69 Å². The zero-order valence-electron chi connectivity index (χ0n) is 11.0. The Bertz CT molecular complexity index is 535. The topological polar surface area (TPSA) is 94.3 Å². The third kappa shape index (κ3) is 3.37. The highest BCUT2D eigenvalue weighted by Crippen LogP contribution is 2.40. The van der Waals surface area contributed by atoms with Crippen molar-refractivity contribution in [2.75, 3.05) is 24.2 Å². The van der Waals surface area contributed by atoms with Crippen LogP contribution in [0.15, 0.2) is 4.90 Å². The highest BCUT2D eigenvalue weighted by molar-refractivity contribution is 7.92. The van der Waals surface area contributed by atoms with Crippen LogP contribution in [0, 0.1) is 0 Å². The number of nitrogens with two attached hydrogens (primary N) is 1. The van der Waals surface area contributed by atoms with Gasteiger partial charge < -0.3 is 15.8 Å². The molecule has 3 N–H and O–H groups in total. The van der Waals surface area contributed by atoms with E-state index in [4.69, 9.17) is 10.5 Å². The minimum absolute atomic E-state index is 0.101. The average Bonchev–Trinajstić information content (AvgIpc) is 3.10. The molecule has 1 aliphatic rings. The summed E-state index contributed by atoms with van der Waals surface area (Å²) in [6.45, 7) is 4.95. The molecular weight excluding hydrogens is 286 g/mol. The highest BCUT2D eigenvalue weighted by atomic mass is 32.2. The van der Waals surface area contributed by atoms with Gasteiger partial charge in [0.25, 0.3) is 0 Å². The van der Waals surface area contributed by atoms with Gasteiger partial charge in [0.05, 0.1) is 18.0 Å². The van der Waals surface area contributed by atoms with E-state index in [9.17, 15) is 8.42 Å². The lowest BCUT2D eigenvalue weighted by atomic mass is 10.5. The largest absolute Gasteiger partial charge is 0.382 e. The lowest BCUT2D eigenvalue weighted by molar-refractivity contribution is 0.0871. The van der Waals surface area contributed by atoms with E-state index in [-0.39, 0.29) is 22.1 Å². The van der Waals surface area contributed by atoms with Gasteiger partial charge in [-0.05, 0) is 38.2 Å². The molecular formula is C11H19N3O3S2. The van der Waals surface area contributed by atoms with Crippen LogP contribution in [0.4, 0.5) is 10.8 Å². The molecule has 0 amide bonds. The number of sulfone groups is 1. The van der Waals surface area contributed by atoms with Gasteiger partial charge in [-0.25, -0.2) is 8.42 Å². The van der Waals surface area contributed by atoms with Crippen LogP contribution in [0.3, 0.4) is 0 Å². The molecule has 0 atom stereocenters. The van der Waals surface area contributed by atoms with Gasteiger partial charge in [0.15, 0.2) is 15.7 Å². The van der Waals surface area contributed by atoms with Gasteiger partial charge in [-0.15, -0.1) is 0 Å². The van der Waals surface area contributed by atoms with Crippen LogP contribution in [-0.4, -0.2) is 37.3 Å². The third-order valence-electron chi connectivity index (χ3n) is 2.76. The lowest BCUT2D eigenvalue weighted by Gasteiger charge is -2.09. The van der Waals surface area contributed by atoms with Crippen molar-refractivity contribution >= 4 is 32.2 Å². The van der Waals surface area contributed by atoms with Crippen LogP contribution < -0.4 is 11.1 Å². The molecule has 1 aromatic heterocycles. The Labute approximate surface area is 117 Å². The predicted molar refractivity (Wildman–Crippen MR) is 76.3 cm³/mol. The number of anilines is 2. The summed E-state index contributed by atoms with van der Waals surface area (Å²) in [4.78, 5) is 0.171. The fourth-order valence-electron chi connectivity index (χ4n) is 1.69. The standard InChI is InChI=1S/C11H19N3O3S2/c1-7(2)17-6-5-13-11-9(10(12)14-18-11)19(15,16)8-3-4-8/h7-8,13H,3-6H2,1-2H3,(H2,12,14). The number of nitrogens with zero attached hydrogens (tertiary/aromatic N) is 1. The Balaban J connectivity index is 2.06. The molecule has 1 heterocycles. The smallest absolute Gasteiger partial charge is 0.187 e. The molecule has 0 bridgehead atoms. The number of aromatic nitrogens is 1. The molecule has 19 heavy (non-hydrogen) atoms. The number of hydrogen-bond donors (Lipinski definition) is 2. The average molecular weight is 305 g/mol. The number of rotatable bonds is 7. The minimum atomic E-state index is -3.32. The van der Waals surface area contributed by atoms with Crippen molar-refractivity contribution in [1.82, 2.24) is 4.37 Å². The molecule has 1 saturated carbocycles. The van der Waals surface area contributed by atoms with Crippen molar-refractivity contribution in [1.29, 1.82) is 0 Å². The van der Waals surface area contributed by atoms with Gasteiger partial charge in [0, 0.05) is 6.54 Å². The molecule has 2 rings (SSSR count). The molecule has 108 valence electrons. The molecule has 1 aromatic rings. The van der Waals surface area contributed by atoms with Gasteiger partial charge in [-0.1, -0.05) is 0 Å². The van der Waals surface area contributed by atoms with Crippen molar-refractivity contribution in [3.05, 3.63) is 0 Å². The minimum Gasteiger partial charge on any atom is -0.382 e. The second-order valence-corrected chi connectivity index (χ2v) is 7.76. The fourth-order valence-corrected chi connectivity index (χ4v) is 4.60. The summed E-state index contributed by atoms with van der Waals surface area (Å²) >= 11 is 1.09. The van der Waals surface area contributed by atoms with Crippen molar-refractivity contribution in [3.63, 3.8) is 0 Å². The van der Waals surface area contributed by atoms with E-state index in [1.54, 1.807) is 0 Å². The summed E-state index contributed by atoms with van der Waals surface area (Å²) in [5, 5.41) is 3.30. The summed E-state index contributed by atoms with van der Waals surface area (Å²) in [5.74, 6) is 0.101. The van der Waals surface area contributed by atoms with Crippen LogP contribution >= 0.6 is 11.5 Å². The monoisotopic (exact) mass is 305 g/mol.